The molecule has 0 unspecified atom stereocenters. The Labute approximate surface area is 128 Å². The summed E-state index contributed by atoms with van der Waals surface area (Å²) in [5, 5.41) is 11.1. The van der Waals surface area contributed by atoms with E-state index in [1.54, 1.807) is 6.07 Å². The van der Waals surface area contributed by atoms with Crippen LogP contribution in [0.2, 0.25) is 0 Å². The maximum Gasteiger partial charge on any atom is 0.271 e. The number of aromatic nitrogens is 2. The molecule has 1 N–H and O–H groups in total. The van der Waals surface area contributed by atoms with Gasteiger partial charge in [-0.25, -0.2) is 0 Å². The number of hydrogen-bond donors (Lipinski definition) is 1. The topological polar surface area (TPSA) is 58.1 Å². The van der Waals surface area contributed by atoms with Crippen molar-refractivity contribution in [3.05, 3.63) is 17.8 Å². The molecule has 0 aliphatic carbocycles. The first-order valence-corrected chi connectivity index (χ1v) is 8.09. The second-order valence-corrected chi connectivity index (χ2v) is 5.23. The van der Waals surface area contributed by atoms with Crippen LogP contribution in [0.5, 0.6) is 0 Å². The van der Waals surface area contributed by atoms with Gasteiger partial charge in [0, 0.05) is 19.6 Å². The number of hydrogen-bond acceptors (Lipinski definition) is 4. The van der Waals surface area contributed by atoms with E-state index >= 15 is 0 Å². The first-order chi connectivity index (χ1) is 10.2. The van der Waals surface area contributed by atoms with Crippen molar-refractivity contribution in [3.8, 4) is 0 Å². The fourth-order valence-corrected chi connectivity index (χ4v) is 2.16. The van der Waals surface area contributed by atoms with Gasteiger partial charge in [0.25, 0.3) is 5.91 Å². The summed E-state index contributed by atoms with van der Waals surface area (Å²) in [5.41, 5.74) is 0.392. The van der Waals surface area contributed by atoms with E-state index in [2.05, 4.69) is 41.2 Å². The largest absolute Gasteiger partial charge is 0.355 e. The maximum atomic E-state index is 11.9. The van der Waals surface area contributed by atoms with Crippen molar-refractivity contribution in [2.24, 2.45) is 0 Å². The normalized spacial score (nSPS) is 10.4. The molecular formula is C16H28N4O. The number of amides is 1. The summed E-state index contributed by atoms with van der Waals surface area (Å²) in [6, 6.07) is 3.65. The minimum atomic E-state index is -0.136. The summed E-state index contributed by atoms with van der Waals surface area (Å²) in [6.45, 7) is 9.07. The number of anilines is 1. The molecule has 5 heteroatoms. The van der Waals surface area contributed by atoms with Crippen LogP contribution in [0.1, 0.15) is 63.4 Å². The third-order valence-corrected chi connectivity index (χ3v) is 3.26. The summed E-state index contributed by atoms with van der Waals surface area (Å²) >= 11 is 0. The lowest BCUT2D eigenvalue weighted by atomic mass is 10.2. The van der Waals surface area contributed by atoms with Crippen LogP contribution in [-0.4, -0.2) is 35.7 Å². The number of rotatable bonds is 10. The predicted octanol–water partition coefficient (Wildman–Crippen LogP) is 3.02. The molecule has 1 rings (SSSR count). The Morgan fingerprint density at radius 3 is 2.29 bits per heavy atom. The van der Waals surface area contributed by atoms with Crippen molar-refractivity contribution < 1.29 is 4.79 Å². The lowest BCUT2D eigenvalue weighted by Crippen LogP contribution is -2.28. The molecule has 21 heavy (non-hydrogen) atoms. The van der Waals surface area contributed by atoms with Gasteiger partial charge in [-0.3, -0.25) is 4.79 Å². The summed E-state index contributed by atoms with van der Waals surface area (Å²) in [5.74, 6) is 0.712. The average Bonchev–Trinajstić information content (AvgIpc) is 2.51. The lowest BCUT2D eigenvalue weighted by molar-refractivity contribution is 0.0947. The Kier molecular flexibility index (Phi) is 8.40. The molecule has 0 bridgehead atoms. The van der Waals surface area contributed by atoms with Gasteiger partial charge >= 0.3 is 0 Å². The summed E-state index contributed by atoms with van der Waals surface area (Å²) in [6.07, 6.45) is 5.43. The average molecular weight is 292 g/mol. The molecule has 1 aromatic heterocycles. The highest BCUT2D eigenvalue weighted by atomic mass is 16.1. The fourth-order valence-electron chi connectivity index (χ4n) is 2.16. The Balaban J connectivity index is 2.57. The highest BCUT2D eigenvalue weighted by molar-refractivity contribution is 5.92. The van der Waals surface area contributed by atoms with Crippen LogP contribution in [0.25, 0.3) is 0 Å². The van der Waals surface area contributed by atoms with Crippen LogP contribution >= 0.6 is 0 Å². The van der Waals surface area contributed by atoms with Crippen molar-refractivity contribution in [1.82, 2.24) is 15.5 Å². The number of nitrogens with zero attached hydrogens (tertiary/aromatic N) is 3. The molecule has 1 amide bonds. The molecule has 0 saturated heterocycles. The minimum Gasteiger partial charge on any atom is -0.355 e. The Morgan fingerprint density at radius 2 is 1.76 bits per heavy atom. The highest BCUT2D eigenvalue weighted by Crippen LogP contribution is 2.10. The molecular weight excluding hydrogens is 264 g/mol. The van der Waals surface area contributed by atoms with Crippen molar-refractivity contribution >= 4 is 11.7 Å². The van der Waals surface area contributed by atoms with Crippen molar-refractivity contribution in [2.75, 3.05) is 24.5 Å². The van der Waals surface area contributed by atoms with Crippen LogP contribution < -0.4 is 10.2 Å². The quantitative estimate of drug-likeness (QED) is 0.673. The molecule has 5 nitrogen and oxygen atoms in total. The molecule has 0 aliphatic heterocycles. The van der Waals surface area contributed by atoms with Gasteiger partial charge in [0.05, 0.1) is 0 Å². The fraction of sp³-hybridized carbons (Fsp3) is 0.688. The van der Waals surface area contributed by atoms with E-state index in [0.717, 1.165) is 51.0 Å². The van der Waals surface area contributed by atoms with E-state index in [1.807, 2.05) is 6.07 Å². The van der Waals surface area contributed by atoms with E-state index in [1.165, 1.54) is 0 Å². The zero-order valence-corrected chi connectivity index (χ0v) is 13.6. The standard InChI is InChI=1S/C16H28N4O/c1-4-7-8-11-17-16(21)14-9-10-15(19-18-14)20(12-5-2)13-6-3/h9-10H,4-8,11-13H2,1-3H3,(H,17,21). The zero-order valence-electron chi connectivity index (χ0n) is 13.6. The molecule has 0 fully saturated rings. The molecule has 118 valence electrons. The number of carbonyl (C=O) groups is 1. The molecule has 0 atom stereocenters. The predicted molar refractivity (Wildman–Crippen MR) is 86.7 cm³/mol. The number of carbonyl (C=O) groups excluding carboxylic acids is 1. The first-order valence-electron chi connectivity index (χ1n) is 8.09. The molecule has 0 saturated carbocycles. The van der Waals surface area contributed by atoms with E-state index in [4.69, 9.17) is 0 Å². The Morgan fingerprint density at radius 1 is 1.05 bits per heavy atom. The minimum absolute atomic E-state index is 0.136. The van der Waals surface area contributed by atoms with Gasteiger partial charge in [0.1, 0.15) is 0 Å². The number of nitrogens with one attached hydrogen (secondary N) is 1. The van der Waals surface area contributed by atoms with Gasteiger partial charge in [0.15, 0.2) is 11.5 Å². The summed E-state index contributed by atoms with van der Waals surface area (Å²) < 4.78 is 0. The second kappa shape index (κ2) is 10.1. The maximum absolute atomic E-state index is 11.9. The van der Waals surface area contributed by atoms with Crippen molar-refractivity contribution in [3.63, 3.8) is 0 Å². The molecule has 0 spiro atoms. The number of unbranched alkanes of at least 4 members (excludes halogenated alkanes) is 2. The van der Waals surface area contributed by atoms with Gasteiger partial charge < -0.3 is 10.2 Å². The van der Waals surface area contributed by atoms with E-state index in [0.29, 0.717) is 12.2 Å². The van der Waals surface area contributed by atoms with E-state index in [-0.39, 0.29) is 5.91 Å². The van der Waals surface area contributed by atoms with Gasteiger partial charge in [-0.05, 0) is 31.4 Å². The SMILES string of the molecule is CCCCCNC(=O)c1ccc(N(CCC)CCC)nn1. The van der Waals surface area contributed by atoms with Gasteiger partial charge in [0.2, 0.25) is 0 Å². The van der Waals surface area contributed by atoms with Crippen LogP contribution in [0.3, 0.4) is 0 Å². The smallest absolute Gasteiger partial charge is 0.271 e. The third-order valence-electron chi connectivity index (χ3n) is 3.26. The van der Waals surface area contributed by atoms with Crippen LogP contribution in [0.15, 0.2) is 12.1 Å². The van der Waals surface area contributed by atoms with E-state index in [9.17, 15) is 4.79 Å². The van der Waals surface area contributed by atoms with Gasteiger partial charge in [-0.1, -0.05) is 33.6 Å². The Hall–Kier alpha value is -1.65. The Bertz CT molecular complexity index is 399. The summed E-state index contributed by atoms with van der Waals surface area (Å²) in [4.78, 5) is 14.1. The van der Waals surface area contributed by atoms with Crippen molar-refractivity contribution in [1.29, 1.82) is 0 Å². The molecule has 1 aromatic rings. The molecule has 0 aromatic carbocycles. The first kappa shape index (κ1) is 17.4. The monoisotopic (exact) mass is 292 g/mol. The molecule has 0 radical (unpaired) electrons. The zero-order chi connectivity index (χ0) is 15.5. The third kappa shape index (κ3) is 6.10. The molecule has 0 aliphatic rings. The summed E-state index contributed by atoms with van der Waals surface area (Å²) in [7, 11) is 0. The van der Waals surface area contributed by atoms with Crippen LogP contribution in [0, 0.1) is 0 Å². The lowest BCUT2D eigenvalue weighted by Gasteiger charge is -2.21. The molecule has 1 heterocycles. The van der Waals surface area contributed by atoms with Crippen LogP contribution in [0.4, 0.5) is 5.82 Å². The van der Waals surface area contributed by atoms with Gasteiger partial charge in [-0.15, -0.1) is 10.2 Å². The van der Waals surface area contributed by atoms with Crippen molar-refractivity contribution in [2.45, 2.75) is 52.9 Å². The van der Waals surface area contributed by atoms with E-state index < -0.39 is 0 Å². The highest BCUT2D eigenvalue weighted by Gasteiger charge is 2.10. The van der Waals surface area contributed by atoms with Crippen LogP contribution in [-0.2, 0) is 0 Å². The van der Waals surface area contributed by atoms with Gasteiger partial charge in [-0.2, -0.15) is 0 Å². The second-order valence-electron chi connectivity index (χ2n) is 5.23.